The van der Waals surface area contributed by atoms with Crippen LogP contribution in [0, 0.1) is 0 Å². The van der Waals surface area contributed by atoms with Crippen molar-refractivity contribution in [2.24, 2.45) is 0 Å². The normalized spacial score (nSPS) is 33.7. The molecule has 6 N–H and O–H groups in total. The number of ether oxygens (including phenoxy) is 1. The van der Waals surface area contributed by atoms with Crippen LogP contribution in [0.4, 0.5) is 0 Å². The third-order valence-electron chi connectivity index (χ3n) is 4.00. The van der Waals surface area contributed by atoms with Crippen molar-refractivity contribution in [1.29, 1.82) is 0 Å². The molecule has 0 spiro atoms. The van der Waals surface area contributed by atoms with Crippen molar-refractivity contribution >= 4 is 23.5 Å². The molecule has 1 fully saturated rings. The topological polar surface area (TPSA) is 157 Å². The molecule has 0 aromatic carbocycles. The van der Waals surface area contributed by atoms with Gasteiger partial charge in [-0.25, -0.2) is 4.79 Å². The number of carbonyl (C=O) groups excluding carboxylic acids is 1. The fourth-order valence-electron chi connectivity index (χ4n) is 2.59. The highest BCUT2D eigenvalue weighted by atomic mass is 35.5. The summed E-state index contributed by atoms with van der Waals surface area (Å²) in [6, 6.07) is -1.18. The van der Waals surface area contributed by atoms with Crippen LogP contribution >= 0.6 is 11.6 Å². The SMILES string of the molecule is CC[C@@]1(C(=O)O)CC(O)C(NC(=O)CCl)C([C@H](O)C(O)CO)O1. The summed E-state index contributed by atoms with van der Waals surface area (Å²) < 4.78 is 5.46. The number of carboxylic acids is 1. The Kier molecular flexibility index (Phi) is 7.18. The lowest BCUT2D eigenvalue weighted by molar-refractivity contribution is -0.230. The molecule has 9 nitrogen and oxygen atoms in total. The lowest BCUT2D eigenvalue weighted by Crippen LogP contribution is -2.67. The number of hydrogen-bond donors (Lipinski definition) is 6. The summed E-state index contributed by atoms with van der Waals surface area (Å²) in [4.78, 5) is 23.0. The number of nitrogens with one attached hydrogen (secondary N) is 1. The standard InChI is InChI=1S/C13H22ClNO8/c1-2-13(12(21)22)3-6(17)9(15-8(19)4-14)11(23-13)10(20)7(18)5-16/h6-7,9-11,16-18,20H,2-5H2,1H3,(H,15,19)(H,21,22)/t6?,7?,9?,10-,11?,13+/m1/s1. The minimum absolute atomic E-state index is 0.00595. The Morgan fingerprint density at radius 3 is 2.48 bits per heavy atom. The van der Waals surface area contributed by atoms with Gasteiger partial charge in [-0.1, -0.05) is 6.92 Å². The van der Waals surface area contributed by atoms with Crippen molar-refractivity contribution in [2.45, 2.75) is 55.8 Å². The van der Waals surface area contributed by atoms with Crippen molar-refractivity contribution in [3.63, 3.8) is 0 Å². The summed E-state index contributed by atoms with van der Waals surface area (Å²) in [5, 5.41) is 50.6. The molecule has 4 unspecified atom stereocenters. The zero-order valence-electron chi connectivity index (χ0n) is 12.6. The average Bonchev–Trinajstić information content (AvgIpc) is 2.54. The number of amides is 1. The maximum absolute atomic E-state index is 11.5. The van der Waals surface area contributed by atoms with Crippen molar-refractivity contribution < 1.29 is 39.9 Å². The van der Waals surface area contributed by atoms with Gasteiger partial charge >= 0.3 is 5.97 Å². The molecule has 0 radical (unpaired) electrons. The second-order valence-corrected chi connectivity index (χ2v) is 5.74. The second-order valence-electron chi connectivity index (χ2n) is 5.47. The summed E-state index contributed by atoms with van der Waals surface area (Å²) in [6.07, 6.45) is -6.47. The summed E-state index contributed by atoms with van der Waals surface area (Å²) in [7, 11) is 0. The highest BCUT2D eigenvalue weighted by Gasteiger charge is 2.53. The number of aliphatic hydroxyl groups excluding tert-OH is 4. The van der Waals surface area contributed by atoms with Crippen LogP contribution in [0.1, 0.15) is 19.8 Å². The zero-order valence-corrected chi connectivity index (χ0v) is 13.3. The Hall–Kier alpha value is -0.970. The number of carbonyl (C=O) groups is 2. The molecule has 0 saturated carbocycles. The molecule has 0 aromatic rings. The predicted molar refractivity (Wildman–Crippen MR) is 77.9 cm³/mol. The van der Waals surface area contributed by atoms with E-state index >= 15 is 0 Å². The first-order valence-electron chi connectivity index (χ1n) is 7.14. The highest BCUT2D eigenvalue weighted by Crippen LogP contribution is 2.34. The van der Waals surface area contributed by atoms with Crippen molar-refractivity contribution in [3.8, 4) is 0 Å². The van der Waals surface area contributed by atoms with E-state index < -0.39 is 60.4 Å². The van der Waals surface area contributed by atoms with Crippen LogP contribution in [0.2, 0.25) is 0 Å². The number of aliphatic carboxylic acids is 1. The highest BCUT2D eigenvalue weighted by molar-refractivity contribution is 6.27. The molecule has 1 saturated heterocycles. The molecule has 1 amide bonds. The van der Waals surface area contributed by atoms with Crippen molar-refractivity contribution in [2.75, 3.05) is 12.5 Å². The maximum atomic E-state index is 11.5. The van der Waals surface area contributed by atoms with Gasteiger partial charge in [0, 0.05) is 6.42 Å². The van der Waals surface area contributed by atoms with E-state index in [9.17, 15) is 30.0 Å². The van der Waals surface area contributed by atoms with Crippen LogP contribution < -0.4 is 5.32 Å². The molecule has 1 aliphatic rings. The van der Waals surface area contributed by atoms with E-state index in [2.05, 4.69) is 5.32 Å². The number of halogens is 1. The summed E-state index contributed by atoms with van der Waals surface area (Å²) in [6.45, 7) is 0.726. The van der Waals surface area contributed by atoms with Gasteiger partial charge in [0.05, 0.1) is 18.8 Å². The van der Waals surface area contributed by atoms with Crippen LogP contribution in [-0.2, 0) is 14.3 Å². The lowest BCUT2D eigenvalue weighted by atomic mass is 9.82. The number of alkyl halides is 1. The summed E-state index contributed by atoms with van der Waals surface area (Å²) in [5.41, 5.74) is -1.78. The fourth-order valence-corrected chi connectivity index (χ4v) is 2.67. The van der Waals surface area contributed by atoms with Gasteiger partial charge in [-0.2, -0.15) is 0 Å². The van der Waals surface area contributed by atoms with Crippen LogP contribution in [0.3, 0.4) is 0 Å². The Morgan fingerprint density at radius 2 is 2.04 bits per heavy atom. The molecule has 10 heteroatoms. The van der Waals surface area contributed by atoms with Crippen LogP contribution in [0.5, 0.6) is 0 Å². The van der Waals surface area contributed by atoms with Gasteiger partial charge in [0.15, 0.2) is 5.60 Å². The third kappa shape index (κ3) is 4.31. The van der Waals surface area contributed by atoms with E-state index in [1.165, 1.54) is 6.92 Å². The number of aliphatic hydroxyl groups is 4. The van der Waals surface area contributed by atoms with Gasteiger partial charge in [0.1, 0.15) is 24.2 Å². The van der Waals surface area contributed by atoms with Crippen molar-refractivity contribution in [1.82, 2.24) is 5.32 Å². The monoisotopic (exact) mass is 355 g/mol. The minimum Gasteiger partial charge on any atom is -0.479 e. The molecular formula is C13H22ClNO8. The van der Waals surface area contributed by atoms with E-state index in [1.807, 2.05) is 0 Å². The molecule has 6 atom stereocenters. The molecule has 0 aliphatic carbocycles. The number of hydrogen-bond acceptors (Lipinski definition) is 7. The van der Waals surface area contributed by atoms with Crippen molar-refractivity contribution in [3.05, 3.63) is 0 Å². The van der Waals surface area contributed by atoms with Gasteiger partial charge in [-0.3, -0.25) is 4.79 Å². The Bertz CT molecular complexity index is 436. The van der Waals surface area contributed by atoms with Gasteiger partial charge in [0.25, 0.3) is 0 Å². The molecule has 1 aliphatic heterocycles. The van der Waals surface area contributed by atoms with Gasteiger partial charge in [-0.05, 0) is 6.42 Å². The minimum atomic E-state index is -1.78. The van der Waals surface area contributed by atoms with Crippen LogP contribution in [0.25, 0.3) is 0 Å². The first-order valence-corrected chi connectivity index (χ1v) is 7.67. The molecule has 23 heavy (non-hydrogen) atoms. The molecule has 1 heterocycles. The number of carboxylic acid groups (broad SMARTS) is 1. The fraction of sp³-hybridized carbons (Fsp3) is 0.846. The zero-order chi connectivity index (χ0) is 17.8. The lowest BCUT2D eigenvalue weighted by Gasteiger charge is -2.46. The number of rotatable bonds is 7. The van der Waals surface area contributed by atoms with Gasteiger partial charge < -0.3 is 35.6 Å². The van der Waals surface area contributed by atoms with Crippen LogP contribution in [0.15, 0.2) is 0 Å². The quantitative estimate of drug-likeness (QED) is 0.281. The molecule has 0 aromatic heterocycles. The average molecular weight is 356 g/mol. The van der Waals surface area contributed by atoms with E-state index in [4.69, 9.17) is 21.4 Å². The molecule has 134 valence electrons. The molecule has 1 rings (SSSR count). The van der Waals surface area contributed by atoms with E-state index in [0.717, 1.165) is 0 Å². The molecule has 0 bridgehead atoms. The predicted octanol–water partition coefficient (Wildman–Crippen LogP) is -2.19. The summed E-state index contributed by atoms with van der Waals surface area (Å²) in [5.74, 6) is -2.40. The largest absolute Gasteiger partial charge is 0.479 e. The Labute approximate surface area is 137 Å². The first-order chi connectivity index (χ1) is 10.7. The molecular weight excluding hydrogens is 334 g/mol. The summed E-state index contributed by atoms with van der Waals surface area (Å²) >= 11 is 5.39. The van der Waals surface area contributed by atoms with E-state index in [0.29, 0.717) is 0 Å². The first kappa shape index (κ1) is 20.1. The second kappa shape index (κ2) is 8.22. The third-order valence-corrected chi connectivity index (χ3v) is 4.24. The van der Waals surface area contributed by atoms with Crippen LogP contribution in [-0.4, -0.2) is 86.0 Å². The van der Waals surface area contributed by atoms with E-state index in [1.54, 1.807) is 0 Å². The van der Waals surface area contributed by atoms with E-state index in [-0.39, 0.29) is 12.8 Å². The maximum Gasteiger partial charge on any atom is 0.336 e. The Balaban J connectivity index is 3.14. The Morgan fingerprint density at radius 1 is 1.43 bits per heavy atom. The van der Waals surface area contributed by atoms with Gasteiger partial charge in [0.2, 0.25) is 5.91 Å². The van der Waals surface area contributed by atoms with Gasteiger partial charge in [-0.15, -0.1) is 11.6 Å². The smallest absolute Gasteiger partial charge is 0.336 e.